The van der Waals surface area contributed by atoms with Crippen molar-refractivity contribution in [3.8, 4) is 16.9 Å². The predicted molar refractivity (Wildman–Crippen MR) is 124 cm³/mol. The lowest BCUT2D eigenvalue weighted by atomic mass is 10.0. The van der Waals surface area contributed by atoms with Crippen LogP contribution in [0, 0.1) is 5.82 Å². The number of hydrogen-bond acceptors (Lipinski definition) is 4. The normalized spacial score (nSPS) is 16.5. The van der Waals surface area contributed by atoms with Gasteiger partial charge in [0.1, 0.15) is 17.6 Å². The highest BCUT2D eigenvalue weighted by Crippen LogP contribution is 2.27. The van der Waals surface area contributed by atoms with Gasteiger partial charge in [-0.05, 0) is 72.0 Å². The standard InChI is InChI=1S/C25H25FN2O4S/c1-32-22-11-7-19(8-12-22)20-5-2-4-18(16-20)17-27-25(29)24-6-3-15-28(24)33(30,31)23-13-9-21(26)10-14-23/h2,4-5,7-14,16,24H,3,6,15,17H2,1H3,(H,27,29)/t24-/m0/s1. The minimum atomic E-state index is -3.89. The predicted octanol–water partition coefficient (Wildman–Crippen LogP) is 3.97. The van der Waals surface area contributed by atoms with Crippen molar-refractivity contribution in [2.75, 3.05) is 13.7 Å². The number of benzene rings is 3. The number of ether oxygens (including phenoxy) is 1. The van der Waals surface area contributed by atoms with Gasteiger partial charge in [0, 0.05) is 13.1 Å². The largest absolute Gasteiger partial charge is 0.497 e. The molecule has 8 heteroatoms. The zero-order valence-electron chi connectivity index (χ0n) is 18.2. The molecule has 1 aliphatic heterocycles. The Morgan fingerprint density at radius 1 is 1.06 bits per heavy atom. The average Bonchev–Trinajstić information content (AvgIpc) is 3.34. The SMILES string of the molecule is COc1ccc(-c2cccc(CNC(=O)[C@@H]3CCCN3S(=O)(=O)c3ccc(F)cc3)c2)cc1. The molecule has 1 heterocycles. The van der Waals surface area contributed by atoms with E-state index >= 15 is 0 Å². The van der Waals surface area contributed by atoms with Crippen LogP contribution in [0.5, 0.6) is 5.75 Å². The molecule has 172 valence electrons. The number of halogens is 1. The monoisotopic (exact) mass is 468 g/mol. The molecule has 1 aliphatic rings. The minimum Gasteiger partial charge on any atom is -0.497 e. The Kier molecular flexibility index (Phi) is 6.76. The Balaban J connectivity index is 1.44. The van der Waals surface area contributed by atoms with Crippen molar-refractivity contribution >= 4 is 15.9 Å². The van der Waals surface area contributed by atoms with Crippen molar-refractivity contribution in [3.63, 3.8) is 0 Å². The second-order valence-electron chi connectivity index (χ2n) is 7.87. The topological polar surface area (TPSA) is 75.7 Å². The Morgan fingerprint density at radius 3 is 2.48 bits per heavy atom. The molecule has 0 saturated carbocycles. The van der Waals surface area contributed by atoms with E-state index in [4.69, 9.17) is 4.74 Å². The lowest BCUT2D eigenvalue weighted by Gasteiger charge is -2.23. The van der Waals surface area contributed by atoms with Crippen LogP contribution >= 0.6 is 0 Å². The summed E-state index contributed by atoms with van der Waals surface area (Å²) in [7, 11) is -2.27. The van der Waals surface area contributed by atoms with E-state index in [1.165, 1.54) is 16.4 Å². The highest BCUT2D eigenvalue weighted by molar-refractivity contribution is 7.89. The summed E-state index contributed by atoms with van der Waals surface area (Å²) in [6.07, 6.45) is 1.03. The molecule has 0 unspecified atom stereocenters. The third kappa shape index (κ3) is 5.07. The van der Waals surface area contributed by atoms with Crippen molar-refractivity contribution in [1.29, 1.82) is 0 Å². The lowest BCUT2D eigenvalue weighted by molar-refractivity contribution is -0.124. The molecule has 3 aromatic carbocycles. The Hall–Kier alpha value is -3.23. The maximum absolute atomic E-state index is 13.2. The van der Waals surface area contributed by atoms with Crippen molar-refractivity contribution in [2.45, 2.75) is 30.3 Å². The molecule has 1 atom stereocenters. The number of methoxy groups -OCH3 is 1. The smallest absolute Gasteiger partial charge is 0.243 e. The highest BCUT2D eigenvalue weighted by atomic mass is 32.2. The second-order valence-corrected chi connectivity index (χ2v) is 9.76. The molecule has 1 fully saturated rings. The third-order valence-corrected chi connectivity index (χ3v) is 7.67. The van der Waals surface area contributed by atoms with E-state index in [1.807, 2.05) is 48.5 Å². The van der Waals surface area contributed by atoms with Crippen LogP contribution in [0.1, 0.15) is 18.4 Å². The summed E-state index contributed by atoms with van der Waals surface area (Å²) in [6, 6.07) is 19.4. The number of hydrogen-bond donors (Lipinski definition) is 1. The van der Waals surface area contributed by atoms with Crippen LogP contribution in [-0.2, 0) is 21.4 Å². The first-order chi connectivity index (χ1) is 15.9. The van der Waals surface area contributed by atoms with Gasteiger partial charge in [-0.3, -0.25) is 4.79 Å². The number of amides is 1. The van der Waals surface area contributed by atoms with Gasteiger partial charge < -0.3 is 10.1 Å². The number of nitrogens with one attached hydrogen (secondary N) is 1. The van der Waals surface area contributed by atoms with Crippen LogP contribution in [0.3, 0.4) is 0 Å². The van der Waals surface area contributed by atoms with E-state index in [-0.39, 0.29) is 23.9 Å². The van der Waals surface area contributed by atoms with Crippen molar-refractivity contribution < 1.29 is 22.3 Å². The Morgan fingerprint density at radius 2 is 1.79 bits per heavy atom. The van der Waals surface area contributed by atoms with Gasteiger partial charge in [0.2, 0.25) is 15.9 Å². The maximum atomic E-state index is 13.2. The fourth-order valence-corrected chi connectivity index (χ4v) is 5.64. The summed E-state index contributed by atoms with van der Waals surface area (Å²) in [5.41, 5.74) is 2.93. The molecule has 4 rings (SSSR count). The fraction of sp³-hybridized carbons (Fsp3) is 0.240. The summed E-state index contributed by atoms with van der Waals surface area (Å²) in [5, 5.41) is 2.88. The van der Waals surface area contributed by atoms with Crippen LogP contribution in [0.2, 0.25) is 0 Å². The molecule has 3 aromatic rings. The van der Waals surface area contributed by atoms with Gasteiger partial charge in [-0.25, -0.2) is 12.8 Å². The molecule has 1 saturated heterocycles. The van der Waals surface area contributed by atoms with E-state index in [0.29, 0.717) is 12.8 Å². The summed E-state index contributed by atoms with van der Waals surface area (Å²) >= 11 is 0. The van der Waals surface area contributed by atoms with Crippen molar-refractivity contribution in [1.82, 2.24) is 9.62 Å². The number of rotatable bonds is 7. The molecule has 1 amide bonds. The maximum Gasteiger partial charge on any atom is 0.243 e. The third-order valence-electron chi connectivity index (χ3n) is 5.74. The molecule has 0 spiro atoms. The van der Waals surface area contributed by atoms with Crippen LogP contribution < -0.4 is 10.1 Å². The van der Waals surface area contributed by atoms with Crippen molar-refractivity contribution in [3.05, 3.63) is 84.2 Å². The summed E-state index contributed by atoms with van der Waals surface area (Å²) in [5.74, 6) is -0.0755. The Bertz CT molecular complexity index is 1230. The first-order valence-corrected chi connectivity index (χ1v) is 12.1. The number of carbonyl (C=O) groups excluding carboxylic acids is 1. The van der Waals surface area contributed by atoms with E-state index in [0.717, 1.165) is 34.6 Å². The molecular formula is C25H25FN2O4S. The molecule has 0 bridgehead atoms. The van der Waals surface area contributed by atoms with Gasteiger partial charge >= 0.3 is 0 Å². The highest BCUT2D eigenvalue weighted by Gasteiger charge is 2.39. The van der Waals surface area contributed by atoms with Crippen LogP contribution in [0.15, 0.2) is 77.7 Å². The number of nitrogens with zero attached hydrogens (tertiary/aromatic N) is 1. The fourth-order valence-electron chi connectivity index (χ4n) is 3.98. The Labute approximate surface area is 193 Å². The van der Waals surface area contributed by atoms with Gasteiger partial charge in [0.15, 0.2) is 0 Å². The van der Waals surface area contributed by atoms with Gasteiger partial charge in [-0.2, -0.15) is 4.31 Å². The average molecular weight is 469 g/mol. The number of carbonyl (C=O) groups is 1. The van der Waals surface area contributed by atoms with E-state index in [9.17, 15) is 17.6 Å². The van der Waals surface area contributed by atoms with E-state index < -0.39 is 21.9 Å². The van der Waals surface area contributed by atoms with Crippen LogP contribution in [0.25, 0.3) is 11.1 Å². The van der Waals surface area contributed by atoms with Gasteiger partial charge in [-0.15, -0.1) is 0 Å². The molecule has 0 radical (unpaired) electrons. The van der Waals surface area contributed by atoms with Gasteiger partial charge in [0.05, 0.1) is 12.0 Å². The van der Waals surface area contributed by atoms with E-state index in [1.54, 1.807) is 7.11 Å². The van der Waals surface area contributed by atoms with Gasteiger partial charge in [-0.1, -0.05) is 30.3 Å². The first-order valence-electron chi connectivity index (χ1n) is 10.7. The summed E-state index contributed by atoms with van der Waals surface area (Å²) in [4.78, 5) is 12.9. The molecule has 1 N–H and O–H groups in total. The van der Waals surface area contributed by atoms with Crippen LogP contribution in [0.4, 0.5) is 4.39 Å². The quantitative estimate of drug-likeness (QED) is 0.569. The molecule has 0 aliphatic carbocycles. The summed E-state index contributed by atoms with van der Waals surface area (Å²) in [6.45, 7) is 0.536. The van der Waals surface area contributed by atoms with Crippen LogP contribution in [-0.4, -0.2) is 38.3 Å². The molecule has 6 nitrogen and oxygen atoms in total. The van der Waals surface area contributed by atoms with Gasteiger partial charge in [0.25, 0.3) is 0 Å². The summed E-state index contributed by atoms with van der Waals surface area (Å²) < 4.78 is 45.6. The minimum absolute atomic E-state index is 0.0178. The zero-order chi connectivity index (χ0) is 23.4. The molecule has 33 heavy (non-hydrogen) atoms. The molecular weight excluding hydrogens is 443 g/mol. The number of sulfonamides is 1. The second kappa shape index (κ2) is 9.72. The first kappa shape index (κ1) is 22.9. The van der Waals surface area contributed by atoms with E-state index in [2.05, 4.69) is 5.32 Å². The van der Waals surface area contributed by atoms with Crippen molar-refractivity contribution in [2.24, 2.45) is 0 Å². The zero-order valence-corrected chi connectivity index (χ0v) is 19.0. The molecule has 0 aromatic heterocycles. The lowest BCUT2D eigenvalue weighted by Crippen LogP contribution is -2.45.